The summed E-state index contributed by atoms with van der Waals surface area (Å²) >= 11 is 13.3. The Hall–Kier alpha value is -1.03. The van der Waals surface area contributed by atoms with Crippen LogP contribution in [-0.2, 0) is 28.5 Å². The van der Waals surface area contributed by atoms with Gasteiger partial charge in [0.15, 0.2) is 0 Å². The highest BCUT2D eigenvalue weighted by Crippen LogP contribution is 2.37. The molecule has 150 valence electrons. The molecule has 7 nitrogen and oxygen atoms in total. The monoisotopic (exact) mass is 437 g/mol. The zero-order valence-electron chi connectivity index (χ0n) is 15.0. The quantitative estimate of drug-likeness (QED) is 0.678. The summed E-state index contributed by atoms with van der Waals surface area (Å²) in [6.07, 6.45) is -2.14. The topological polar surface area (TPSA) is 97.1 Å². The molecule has 1 aromatic rings. The molecule has 2 N–H and O–H groups in total. The van der Waals surface area contributed by atoms with E-state index in [9.17, 15) is 9.59 Å². The molecule has 0 aliphatic carbocycles. The minimum atomic E-state index is -0.822. The molecule has 5 unspecified atom stereocenters. The third kappa shape index (κ3) is 5.97. The number of benzene rings is 1. The number of hydrogen-bond acceptors (Lipinski definition) is 8. The van der Waals surface area contributed by atoms with Crippen molar-refractivity contribution >= 4 is 46.9 Å². The summed E-state index contributed by atoms with van der Waals surface area (Å²) in [4.78, 5) is 23.4. The van der Waals surface area contributed by atoms with Crippen molar-refractivity contribution in [1.82, 2.24) is 0 Å². The van der Waals surface area contributed by atoms with Gasteiger partial charge in [-0.05, 0) is 18.2 Å². The third-order valence-corrected chi connectivity index (χ3v) is 5.75. The van der Waals surface area contributed by atoms with E-state index in [4.69, 9.17) is 47.9 Å². The van der Waals surface area contributed by atoms with Gasteiger partial charge >= 0.3 is 11.9 Å². The minimum absolute atomic E-state index is 0.101. The van der Waals surface area contributed by atoms with Gasteiger partial charge < -0.3 is 24.7 Å². The van der Waals surface area contributed by atoms with Crippen molar-refractivity contribution in [2.24, 2.45) is 5.73 Å². The standard InChI is InChI=1S/C17H21Cl2NO6S/c1-8(21)24-7-13-15(25-9(2)22)14(20)16(23-3)17(26-13)27-10-4-5-11(18)12(19)6-10/h4-6,13-17H,7,20H2,1-3H3. The van der Waals surface area contributed by atoms with E-state index in [0.717, 1.165) is 4.90 Å². The second-order valence-corrected chi connectivity index (χ2v) is 7.88. The van der Waals surface area contributed by atoms with Gasteiger partial charge in [0.1, 0.15) is 30.4 Å². The van der Waals surface area contributed by atoms with Crippen LogP contribution in [0.5, 0.6) is 0 Å². The fourth-order valence-corrected chi connectivity index (χ4v) is 4.26. The van der Waals surface area contributed by atoms with Gasteiger partial charge in [0, 0.05) is 25.9 Å². The van der Waals surface area contributed by atoms with Crippen molar-refractivity contribution < 1.29 is 28.5 Å². The Balaban J connectivity index is 2.23. The molecule has 10 heteroatoms. The fourth-order valence-electron chi connectivity index (χ4n) is 2.67. The molecular weight excluding hydrogens is 417 g/mol. The van der Waals surface area contributed by atoms with Crippen molar-refractivity contribution in [2.75, 3.05) is 13.7 Å². The summed E-state index contributed by atoms with van der Waals surface area (Å²) < 4.78 is 21.9. The molecule has 0 radical (unpaired) electrons. The van der Waals surface area contributed by atoms with E-state index in [1.807, 2.05) is 0 Å². The Kier molecular flexibility index (Phi) is 8.20. The highest BCUT2D eigenvalue weighted by Gasteiger charge is 2.47. The molecule has 2 rings (SSSR count). The molecule has 1 aliphatic rings. The molecule has 1 fully saturated rings. The summed E-state index contributed by atoms with van der Waals surface area (Å²) in [5, 5.41) is 0.846. The molecule has 0 spiro atoms. The van der Waals surface area contributed by atoms with Gasteiger partial charge in [-0.15, -0.1) is 0 Å². The molecule has 1 saturated heterocycles. The second-order valence-electron chi connectivity index (χ2n) is 5.89. The van der Waals surface area contributed by atoms with Crippen LogP contribution in [-0.4, -0.2) is 55.4 Å². The van der Waals surface area contributed by atoms with E-state index in [1.54, 1.807) is 18.2 Å². The Morgan fingerprint density at radius 1 is 1.19 bits per heavy atom. The number of esters is 2. The summed E-state index contributed by atoms with van der Waals surface area (Å²) in [6.45, 7) is 2.45. The van der Waals surface area contributed by atoms with Gasteiger partial charge in [0.2, 0.25) is 0 Å². The van der Waals surface area contributed by atoms with E-state index in [2.05, 4.69) is 0 Å². The van der Waals surface area contributed by atoms with Crippen LogP contribution in [0.2, 0.25) is 10.0 Å². The zero-order chi connectivity index (χ0) is 20.1. The molecule has 0 saturated carbocycles. The van der Waals surface area contributed by atoms with Gasteiger partial charge in [-0.25, -0.2) is 0 Å². The van der Waals surface area contributed by atoms with Crippen LogP contribution in [0.4, 0.5) is 0 Å². The molecule has 1 aromatic carbocycles. The molecule has 0 amide bonds. The van der Waals surface area contributed by atoms with Crippen molar-refractivity contribution in [2.45, 2.75) is 48.5 Å². The number of carbonyl (C=O) groups excluding carboxylic acids is 2. The summed E-state index contributed by atoms with van der Waals surface area (Å²) in [5.74, 6) is -0.992. The van der Waals surface area contributed by atoms with E-state index in [0.29, 0.717) is 10.0 Å². The molecule has 27 heavy (non-hydrogen) atoms. The first-order chi connectivity index (χ1) is 12.7. The van der Waals surface area contributed by atoms with Gasteiger partial charge in [0.05, 0.1) is 16.1 Å². The molecule has 1 heterocycles. The van der Waals surface area contributed by atoms with Gasteiger partial charge in [-0.2, -0.15) is 0 Å². The van der Waals surface area contributed by atoms with Crippen LogP contribution in [0.1, 0.15) is 13.8 Å². The zero-order valence-corrected chi connectivity index (χ0v) is 17.3. The second kappa shape index (κ2) is 9.95. The average molecular weight is 438 g/mol. The first kappa shape index (κ1) is 22.3. The SMILES string of the molecule is COC1C(Sc2ccc(Cl)c(Cl)c2)OC(COC(C)=O)C(OC(C)=O)C1N. The Morgan fingerprint density at radius 2 is 1.89 bits per heavy atom. The molecule has 0 bridgehead atoms. The average Bonchev–Trinajstić information content (AvgIpc) is 2.59. The summed E-state index contributed by atoms with van der Waals surface area (Å²) in [5.41, 5.74) is 5.75. The maximum atomic E-state index is 11.5. The number of rotatable bonds is 6. The smallest absolute Gasteiger partial charge is 0.303 e. The number of methoxy groups -OCH3 is 1. The fraction of sp³-hybridized carbons (Fsp3) is 0.529. The lowest BCUT2D eigenvalue weighted by molar-refractivity contribution is -0.196. The first-order valence-electron chi connectivity index (χ1n) is 8.09. The van der Waals surface area contributed by atoms with Crippen LogP contribution >= 0.6 is 35.0 Å². The van der Waals surface area contributed by atoms with E-state index < -0.39 is 41.7 Å². The Labute approximate surface area is 171 Å². The summed E-state index contributed by atoms with van der Waals surface area (Å²) in [6, 6.07) is 4.48. The first-order valence-corrected chi connectivity index (χ1v) is 9.72. The van der Waals surface area contributed by atoms with E-state index in [1.165, 1.54) is 32.7 Å². The Bertz CT molecular complexity index is 691. The van der Waals surface area contributed by atoms with Crippen molar-refractivity contribution in [3.8, 4) is 0 Å². The highest BCUT2D eigenvalue weighted by atomic mass is 35.5. The lowest BCUT2D eigenvalue weighted by Gasteiger charge is -2.43. The van der Waals surface area contributed by atoms with E-state index >= 15 is 0 Å². The molecular formula is C17H21Cl2NO6S. The van der Waals surface area contributed by atoms with Crippen LogP contribution in [0.3, 0.4) is 0 Å². The number of ether oxygens (including phenoxy) is 4. The van der Waals surface area contributed by atoms with Gasteiger partial charge in [-0.3, -0.25) is 9.59 Å². The normalized spacial score (nSPS) is 27.9. The third-order valence-electron chi connectivity index (χ3n) is 3.87. The lowest BCUT2D eigenvalue weighted by atomic mass is 9.98. The summed E-state index contributed by atoms with van der Waals surface area (Å²) in [7, 11) is 1.49. The van der Waals surface area contributed by atoms with E-state index in [-0.39, 0.29) is 6.61 Å². The number of hydrogen-bond donors (Lipinski definition) is 1. The van der Waals surface area contributed by atoms with Crippen LogP contribution in [0.15, 0.2) is 23.1 Å². The molecule has 1 aliphatic heterocycles. The minimum Gasteiger partial charge on any atom is -0.463 e. The van der Waals surface area contributed by atoms with Crippen LogP contribution < -0.4 is 5.73 Å². The van der Waals surface area contributed by atoms with Gasteiger partial charge in [0.25, 0.3) is 0 Å². The van der Waals surface area contributed by atoms with Gasteiger partial charge in [-0.1, -0.05) is 35.0 Å². The van der Waals surface area contributed by atoms with Crippen LogP contribution in [0, 0.1) is 0 Å². The van der Waals surface area contributed by atoms with Crippen molar-refractivity contribution in [3.05, 3.63) is 28.2 Å². The Morgan fingerprint density at radius 3 is 2.44 bits per heavy atom. The lowest BCUT2D eigenvalue weighted by Crippen LogP contribution is -2.63. The van der Waals surface area contributed by atoms with Crippen molar-refractivity contribution in [1.29, 1.82) is 0 Å². The predicted molar refractivity (Wildman–Crippen MR) is 102 cm³/mol. The molecule has 5 atom stereocenters. The van der Waals surface area contributed by atoms with Crippen LogP contribution in [0.25, 0.3) is 0 Å². The number of carbonyl (C=O) groups is 2. The maximum absolute atomic E-state index is 11.5. The highest BCUT2D eigenvalue weighted by molar-refractivity contribution is 7.99. The van der Waals surface area contributed by atoms with Crippen molar-refractivity contribution in [3.63, 3.8) is 0 Å². The number of thioether (sulfide) groups is 1. The largest absolute Gasteiger partial charge is 0.463 e. The maximum Gasteiger partial charge on any atom is 0.303 e. The number of nitrogens with two attached hydrogens (primary N) is 1. The predicted octanol–water partition coefficient (Wildman–Crippen LogP) is 2.65. The number of halogens is 2. The molecule has 0 aromatic heterocycles.